The van der Waals surface area contributed by atoms with E-state index in [0.717, 1.165) is 138 Å². The van der Waals surface area contributed by atoms with Crippen molar-refractivity contribution >= 4 is 52.7 Å². The zero-order chi connectivity index (χ0) is 60.8. The number of primary amides is 1. The van der Waals surface area contributed by atoms with Crippen LogP contribution in [0.4, 0.5) is 5.69 Å². The molecule has 6 aliphatic rings. The van der Waals surface area contributed by atoms with Gasteiger partial charge in [-0.2, -0.15) is 0 Å². The van der Waals surface area contributed by atoms with Gasteiger partial charge in [-0.1, -0.05) is 87.2 Å². The SMILES string of the molecule is Cc1ccc(N(CCCN2CCC(Cc3ccc(C(N)=O)cc3)CC2)C(=O)C2CCN(C(=O)COCC(=O)NCCCCCCCCCCCCNC(=O)COCC(=O)N[C@H]3CC[C@@]4(O)C5Cc6ccc(O)c7c6[C@@]4(CCN5C)[C@H]3O7)CC2)cc1Cl. The Bertz CT molecular complexity index is 2830. The van der Waals surface area contributed by atoms with Gasteiger partial charge in [0.2, 0.25) is 35.4 Å². The van der Waals surface area contributed by atoms with Gasteiger partial charge in [-0.25, -0.2) is 0 Å². The number of nitrogens with two attached hydrogens (primary N) is 1. The summed E-state index contributed by atoms with van der Waals surface area (Å²) >= 11 is 6.57. The number of likely N-dealkylation sites (tertiary alicyclic amines) is 3. The van der Waals surface area contributed by atoms with Crippen LogP contribution in [0.5, 0.6) is 11.5 Å². The normalized spacial score (nSPS) is 22.8. The lowest BCUT2D eigenvalue weighted by atomic mass is 9.48. The summed E-state index contributed by atoms with van der Waals surface area (Å²) in [5.74, 6) is -0.559. The monoisotopic (exact) mass is 1210 g/mol. The maximum absolute atomic E-state index is 14.2. The number of hydrogen-bond donors (Lipinski definition) is 6. The Labute approximate surface area is 512 Å². The molecule has 4 heterocycles. The van der Waals surface area contributed by atoms with Crippen molar-refractivity contribution in [3.63, 3.8) is 0 Å². The van der Waals surface area contributed by atoms with Gasteiger partial charge < -0.3 is 65.7 Å². The number of likely N-dealkylation sites (N-methyl/N-ethyl adjacent to an activating group) is 1. The van der Waals surface area contributed by atoms with E-state index >= 15 is 0 Å². The largest absolute Gasteiger partial charge is 0.504 e. The molecule has 5 atom stereocenters. The molecular formula is C66H93ClN8O11. The summed E-state index contributed by atoms with van der Waals surface area (Å²) in [4.78, 5) is 85.2. The number of nitrogens with zero attached hydrogens (tertiary/aromatic N) is 4. The van der Waals surface area contributed by atoms with Crippen molar-refractivity contribution < 1.29 is 53.2 Å². The molecule has 2 aliphatic carbocycles. The van der Waals surface area contributed by atoms with Gasteiger partial charge in [0.25, 0.3) is 0 Å². The third-order valence-electron chi connectivity index (χ3n) is 19.5. The number of piperidine rings is 3. The van der Waals surface area contributed by atoms with Gasteiger partial charge >= 0.3 is 0 Å². The number of hydrogen-bond acceptors (Lipinski definition) is 13. The van der Waals surface area contributed by atoms with Crippen molar-refractivity contribution in [3.8, 4) is 11.5 Å². The molecule has 86 heavy (non-hydrogen) atoms. The summed E-state index contributed by atoms with van der Waals surface area (Å²) in [7, 11) is 2.05. The predicted octanol–water partition coefficient (Wildman–Crippen LogP) is 6.50. The molecule has 0 radical (unpaired) electrons. The van der Waals surface area contributed by atoms with Crippen LogP contribution in [0.1, 0.15) is 148 Å². The number of aryl methyl sites for hydroxylation is 1. The van der Waals surface area contributed by atoms with E-state index in [0.29, 0.717) is 93.5 Å². The summed E-state index contributed by atoms with van der Waals surface area (Å²) in [6.45, 7) is 7.33. The first-order valence-electron chi connectivity index (χ1n) is 31.9. The number of rotatable bonds is 31. The smallest absolute Gasteiger partial charge is 0.248 e. The molecule has 3 saturated heterocycles. The number of halogens is 1. The van der Waals surface area contributed by atoms with Crippen molar-refractivity contribution in [2.45, 2.75) is 165 Å². The highest BCUT2D eigenvalue weighted by Gasteiger charge is 2.72. The highest BCUT2D eigenvalue weighted by atomic mass is 35.5. The second kappa shape index (κ2) is 30.4. The van der Waals surface area contributed by atoms with Crippen LogP contribution in [0.2, 0.25) is 5.02 Å². The maximum Gasteiger partial charge on any atom is 0.248 e. The second-order valence-corrected chi connectivity index (χ2v) is 25.7. The molecule has 9 rings (SSSR count). The van der Waals surface area contributed by atoms with Gasteiger partial charge in [-0.3, -0.25) is 28.8 Å². The summed E-state index contributed by atoms with van der Waals surface area (Å²) in [5, 5.41) is 32.6. The van der Waals surface area contributed by atoms with Gasteiger partial charge in [0.15, 0.2) is 11.5 Å². The number of nitrogens with one attached hydrogen (secondary N) is 3. The molecule has 20 heteroatoms. The number of benzene rings is 3. The molecule has 1 unspecified atom stereocenters. The van der Waals surface area contributed by atoms with Gasteiger partial charge in [0.1, 0.15) is 32.5 Å². The molecule has 0 aromatic heterocycles. The van der Waals surface area contributed by atoms with Crippen molar-refractivity contribution in [2.75, 3.05) is 97.3 Å². The lowest BCUT2D eigenvalue weighted by Crippen LogP contribution is -2.77. The fourth-order valence-electron chi connectivity index (χ4n) is 14.6. The topological polar surface area (TPSA) is 246 Å². The van der Waals surface area contributed by atoms with Crippen LogP contribution < -0.4 is 31.3 Å². The molecule has 2 bridgehead atoms. The van der Waals surface area contributed by atoms with Crippen LogP contribution in [0.3, 0.4) is 0 Å². The molecule has 19 nitrogen and oxygen atoms in total. The van der Waals surface area contributed by atoms with E-state index in [2.05, 4.69) is 25.8 Å². The van der Waals surface area contributed by atoms with E-state index in [1.807, 2.05) is 55.3 Å². The Morgan fingerprint density at radius 3 is 2.01 bits per heavy atom. The Hall–Kier alpha value is -5.83. The number of phenols is 1. The molecule has 1 spiro atoms. The molecule has 4 aliphatic heterocycles. The zero-order valence-corrected chi connectivity index (χ0v) is 51.5. The minimum atomic E-state index is -1.04. The Balaban J connectivity index is 0.552. The standard InChI is InChI=1S/C66H93ClN8O11/c1-45-14-20-51(40-52(45)67)75(32-13-31-73-33-23-47(24-34-73)38-46-15-17-48(18-16-46)63(68)81)64(82)49-25-35-74(36-26-49)59(80)44-85-42-57(78)70-30-12-10-8-6-4-3-5-7-9-11-29-69-56(77)41-84-43-58(79)71-53-22-27-66(83)55-39-50-19-21-54(76)61-60(50)65(66,62(53)86-61)28-37-72(55)2/h14-21,40,47,49,53,55,62,76,83H,3-13,22-39,41-44H2,1-2H3,(H2,68,81)(H,69,77)(H,70,78)(H,71,79)/t53-,55?,62-,65-,66+/m0/s1. The predicted molar refractivity (Wildman–Crippen MR) is 329 cm³/mol. The van der Waals surface area contributed by atoms with E-state index in [9.17, 15) is 39.0 Å². The molecular weight excluding hydrogens is 1120 g/mol. The Morgan fingerprint density at radius 1 is 0.744 bits per heavy atom. The summed E-state index contributed by atoms with van der Waals surface area (Å²) < 4.78 is 17.5. The van der Waals surface area contributed by atoms with Crippen LogP contribution in [-0.2, 0) is 51.7 Å². The number of carbonyl (C=O) groups is 6. The number of aromatic hydroxyl groups is 1. The Kier molecular flexibility index (Phi) is 22.8. The van der Waals surface area contributed by atoms with Crippen LogP contribution in [-0.4, -0.2) is 177 Å². The number of aliphatic hydroxyl groups is 1. The molecule has 7 N–H and O–H groups in total. The fraction of sp³-hybridized carbons (Fsp3) is 0.636. The van der Waals surface area contributed by atoms with Gasteiger partial charge in [0.05, 0.1) is 17.1 Å². The lowest BCUT2D eigenvalue weighted by Gasteiger charge is -2.63. The molecule has 3 aromatic rings. The van der Waals surface area contributed by atoms with E-state index in [1.54, 1.807) is 23.1 Å². The minimum absolute atomic E-state index is 0.0528. The highest BCUT2D eigenvalue weighted by Crippen LogP contribution is 2.65. The zero-order valence-electron chi connectivity index (χ0n) is 50.7. The van der Waals surface area contributed by atoms with E-state index in [4.69, 9.17) is 31.5 Å². The second-order valence-electron chi connectivity index (χ2n) is 25.2. The van der Waals surface area contributed by atoms with Crippen molar-refractivity contribution in [1.29, 1.82) is 0 Å². The maximum atomic E-state index is 14.2. The summed E-state index contributed by atoms with van der Waals surface area (Å²) in [6.07, 6.45) is 17.4. The summed E-state index contributed by atoms with van der Waals surface area (Å²) in [5.41, 5.74) is 9.11. The van der Waals surface area contributed by atoms with E-state index in [1.165, 1.54) is 5.56 Å². The first-order valence-corrected chi connectivity index (χ1v) is 32.3. The number of anilines is 1. The summed E-state index contributed by atoms with van der Waals surface area (Å²) in [6, 6.07) is 16.5. The fourth-order valence-corrected chi connectivity index (χ4v) is 14.8. The van der Waals surface area contributed by atoms with Crippen LogP contribution in [0, 0.1) is 18.8 Å². The number of amides is 6. The Morgan fingerprint density at radius 2 is 1.37 bits per heavy atom. The van der Waals surface area contributed by atoms with Crippen LogP contribution in [0.15, 0.2) is 54.6 Å². The molecule has 6 amide bonds. The molecule has 1 saturated carbocycles. The molecule has 470 valence electrons. The molecule has 3 aromatic carbocycles. The van der Waals surface area contributed by atoms with Crippen molar-refractivity contribution in [1.82, 2.24) is 30.7 Å². The average molecular weight is 1210 g/mol. The average Bonchev–Trinajstić information content (AvgIpc) is 1.39. The number of unbranched alkanes of at least 4 members (excludes halogenated alkanes) is 9. The first kappa shape index (κ1) is 64.6. The third-order valence-corrected chi connectivity index (χ3v) is 19.9. The van der Waals surface area contributed by atoms with Crippen LogP contribution in [0.25, 0.3) is 0 Å². The number of phenolic OH excluding ortho intramolecular Hbond substituents is 1. The van der Waals surface area contributed by atoms with E-state index < -0.39 is 23.0 Å². The minimum Gasteiger partial charge on any atom is -0.504 e. The van der Waals surface area contributed by atoms with Crippen molar-refractivity contribution in [2.24, 2.45) is 17.6 Å². The first-order chi connectivity index (χ1) is 41.5. The van der Waals surface area contributed by atoms with Gasteiger partial charge in [-0.15, -0.1) is 0 Å². The number of ether oxygens (including phenoxy) is 3. The quantitative estimate of drug-likeness (QED) is 0.0377. The van der Waals surface area contributed by atoms with E-state index in [-0.39, 0.29) is 79.7 Å². The van der Waals surface area contributed by atoms with Crippen LogP contribution >= 0.6 is 11.6 Å². The van der Waals surface area contributed by atoms with Gasteiger partial charge in [0, 0.05) is 66.5 Å². The lowest BCUT2D eigenvalue weighted by molar-refractivity contribution is -0.187. The third kappa shape index (κ3) is 15.7. The van der Waals surface area contributed by atoms with Gasteiger partial charge in [-0.05, 0) is 170 Å². The van der Waals surface area contributed by atoms with Crippen molar-refractivity contribution in [3.05, 3.63) is 87.4 Å². The highest BCUT2D eigenvalue weighted by molar-refractivity contribution is 6.31. The number of carbonyl (C=O) groups excluding carboxylic acids is 6. The molecule has 4 fully saturated rings.